The fourth-order valence-corrected chi connectivity index (χ4v) is 2.89. The van der Waals surface area contributed by atoms with Gasteiger partial charge in [0.15, 0.2) is 5.76 Å². The van der Waals surface area contributed by atoms with Crippen LogP contribution in [-0.4, -0.2) is 43.3 Å². The topological polar surface area (TPSA) is 50.5 Å². The summed E-state index contributed by atoms with van der Waals surface area (Å²) in [5, 5.41) is 7.62. The van der Waals surface area contributed by atoms with Gasteiger partial charge in [0.1, 0.15) is 11.4 Å². The number of piperazine rings is 1. The molecule has 0 unspecified atom stereocenters. The van der Waals surface area contributed by atoms with Gasteiger partial charge >= 0.3 is 0 Å². The Morgan fingerprint density at radius 3 is 2.74 bits per heavy atom. The summed E-state index contributed by atoms with van der Waals surface area (Å²) in [5.41, 5.74) is 3.11. The number of ether oxygens (including phenoxy) is 1. The molecule has 5 nitrogen and oxygen atoms in total. The number of aromatic nitrogens is 1. The van der Waals surface area contributed by atoms with E-state index in [1.807, 2.05) is 12.1 Å². The molecule has 1 aliphatic heterocycles. The lowest BCUT2D eigenvalue weighted by atomic mass is 9.99. The molecule has 0 bridgehead atoms. The van der Waals surface area contributed by atoms with Crippen LogP contribution in [0, 0.1) is 0 Å². The van der Waals surface area contributed by atoms with E-state index in [9.17, 15) is 0 Å². The van der Waals surface area contributed by atoms with Gasteiger partial charge in [-0.2, -0.15) is 0 Å². The summed E-state index contributed by atoms with van der Waals surface area (Å²) in [6.07, 6.45) is 0. The van der Waals surface area contributed by atoms with Crippen molar-refractivity contribution in [1.82, 2.24) is 15.4 Å². The summed E-state index contributed by atoms with van der Waals surface area (Å²) >= 11 is 0. The third kappa shape index (κ3) is 3.74. The molecule has 1 aromatic carbocycles. The van der Waals surface area contributed by atoms with Crippen molar-refractivity contribution in [3.63, 3.8) is 0 Å². The lowest BCUT2D eigenvalue weighted by Crippen LogP contribution is -2.42. The van der Waals surface area contributed by atoms with Gasteiger partial charge in [0.25, 0.3) is 0 Å². The summed E-state index contributed by atoms with van der Waals surface area (Å²) in [5.74, 6) is 2.20. The summed E-state index contributed by atoms with van der Waals surface area (Å²) in [7, 11) is 1.69. The maximum Gasteiger partial charge on any atom is 0.151 e. The van der Waals surface area contributed by atoms with E-state index in [2.05, 4.69) is 41.4 Å². The Balaban J connectivity index is 1.82. The normalized spacial score (nSPS) is 16.0. The third-order valence-corrected chi connectivity index (χ3v) is 4.31. The molecule has 124 valence electrons. The zero-order valence-electron chi connectivity index (χ0n) is 14.1. The van der Waals surface area contributed by atoms with Crippen LogP contribution in [0.2, 0.25) is 0 Å². The molecule has 1 aromatic heterocycles. The fraction of sp³-hybridized carbons (Fsp3) is 0.500. The standard InChI is InChI=1S/C18H25N3O2/c1-13(2)14-4-5-18(22-3)16(10-14)17-11-15(23-20-17)12-21-8-6-19-7-9-21/h4-5,10-11,13,19H,6-9,12H2,1-3H3. The molecule has 1 fully saturated rings. The Labute approximate surface area is 137 Å². The molecule has 0 amide bonds. The molecule has 0 spiro atoms. The smallest absolute Gasteiger partial charge is 0.151 e. The highest BCUT2D eigenvalue weighted by molar-refractivity contribution is 5.68. The molecule has 2 aromatic rings. The van der Waals surface area contributed by atoms with Gasteiger partial charge in [-0.15, -0.1) is 0 Å². The maximum absolute atomic E-state index is 5.55. The minimum Gasteiger partial charge on any atom is -0.496 e. The van der Waals surface area contributed by atoms with Gasteiger partial charge < -0.3 is 14.6 Å². The van der Waals surface area contributed by atoms with Gasteiger partial charge in [0.05, 0.1) is 13.7 Å². The Morgan fingerprint density at radius 1 is 1.26 bits per heavy atom. The van der Waals surface area contributed by atoms with E-state index in [0.717, 1.165) is 55.5 Å². The second-order valence-electron chi connectivity index (χ2n) is 6.32. The molecule has 0 atom stereocenters. The number of hydrogen-bond donors (Lipinski definition) is 1. The predicted molar refractivity (Wildman–Crippen MR) is 90.7 cm³/mol. The van der Waals surface area contributed by atoms with Gasteiger partial charge in [-0.3, -0.25) is 4.90 Å². The largest absolute Gasteiger partial charge is 0.496 e. The first-order valence-corrected chi connectivity index (χ1v) is 8.24. The van der Waals surface area contributed by atoms with Crippen molar-refractivity contribution < 1.29 is 9.26 Å². The van der Waals surface area contributed by atoms with Crippen molar-refractivity contribution in [3.8, 4) is 17.0 Å². The van der Waals surface area contributed by atoms with E-state index >= 15 is 0 Å². The second kappa shape index (κ2) is 7.15. The van der Waals surface area contributed by atoms with E-state index < -0.39 is 0 Å². The van der Waals surface area contributed by atoms with Crippen molar-refractivity contribution >= 4 is 0 Å². The van der Waals surface area contributed by atoms with Gasteiger partial charge in [0.2, 0.25) is 0 Å². The lowest BCUT2D eigenvalue weighted by Gasteiger charge is -2.25. The Bertz CT molecular complexity index is 645. The van der Waals surface area contributed by atoms with Crippen LogP contribution in [0.4, 0.5) is 0 Å². The Morgan fingerprint density at radius 2 is 2.04 bits per heavy atom. The van der Waals surface area contributed by atoms with Gasteiger partial charge in [-0.25, -0.2) is 0 Å². The average Bonchev–Trinajstić information content (AvgIpc) is 3.03. The fourth-order valence-electron chi connectivity index (χ4n) is 2.89. The van der Waals surface area contributed by atoms with Crippen LogP contribution in [0.25, 0.3) is 11.3 Å². The Hall–Kier alpha value is -1.85. The molecule has 0 aliphatic carbocycles. The van der Waals surface area contributed by atoms with Gasteiger partial charge in [-0.05, 0) is 23.6 Å². The van der Waals surface area contributed by atoms with Crippen molar-refractivity contribution in [2.75, 3.05) is 33.3 Å². The molecule has 1 N–H and O–H groups in total. The highest BCUT2D eigenvalue weighted by atomic mass is 16.5. The van der Waals surface area contributed by atoms with Crippen LogP contribution in [0.15, 0.2) is 28.8 Å². The van der Waals surface area contributed by atoms with E-state index in [-0.39, 0.29) is 0 Å². The zero-order chi connectivity index (χ0) is 16.2. The third-order valence-electron chi connectivity index (χ3n) is 4.31. The van der Waals surface area contributed by atoms with Crippen molar-refractivity contribution in [2.24, 2.45) is 0 Å². The molecule has 0 saturated carbocycles. The average molecular weight is 315 g/mol. The van der Waals surface area contributed by atoms with E-state index in [4.69, 9.17) is 9.26 Å². The quantitative estimate of drug-likeness (QED) is 0.919. The predicted octanol–water partition coefficient (Wildman–Crippen LogP) is 2.88. The summed E-state index contributed by atoms with van der Waals surface area (Å²) in [6.45, 7) is 9.33. The SMILES string of the molecule is COc1ccc(C(C)C)cc1-c1cc(CN2CCNCC2)on1. The summed E-state index contributed by atoms with van der Waals surface area (Å²) in [6, 6.07) is 8.30. The van der Waals surface area contributed by atoms with Gasteiger partial charge in [0, 0.05) is 37.8 Å². The minimum absolute atomic E-state index is 0.465. The molecule has 5 heteroatoms. The van der Waals surface area contributed by atoms with E-state index in [1.165, 1.54) is 5.56 Å². The van der Waals surface area contributed by atoms with Crippen molar-refractivity contribution in [3.05, 3.63) is 35.6 Å². The monoisotopic (exact) mass is 315 g/mol. The van der Waals surface area contributed by atoms with Crippen LogP contribution in [0.3, 0.4) is 0 Å². The van der Waals surface area contributed by atoms with Gasteiger partial charge in [-0.1, -0.05) is 25.1 Å². The maximum atomic E-state index is 5.55. The number of hydrogen-bond acceptors (Lipinski definition) is 5. The first-order valence-electron chi connectivity index (χ1n) is 8.24. The van der Waals surface area contributed by atoms with Crippen LogP contribution in [0.5, 0.6) is 5.75 Å². The molecular formula is C18H25N3O2. The van der Waals surface area contributed by atoms with Crippen LogP contribution in [-0.2, 0) is 6.54 Å². The zero-order valence-corrected chi connectivity index (χ0v) is 14.1. The molecule has 2 heterocycles. The van der Waals surface area contributed by atoms with E-state index in [1.54, 1.807) is 7.11 Å². The summed E-state index contributed by atoms with van der Waals surface area (Å²) in [4.78, 5) is 2.38. The molecule has 0 radical (unpaired) electrons. The molecule has 23 heavy (non-hydrogen) atoms. The van der Waals surface area contributed by atoms with Crippen LogP contribution < -0.4 is 10.1 Å². The van der Waals surface area contributed by atoms with Crippen molar-refractivity contribution in [2.45, 2.75) is 26.3 Å². The molecule has 1 saturated heterocycles. The highest BCUT2D eigenvalue weighted by Crippen LogP contribution is 2.32. The minimum atomic E-state index is 0.465. The number of methoxy groups -OCH3 is 1. The molecule has 1 aliphatic rings. The summed E-state index contributed by atoms with van der Waals surface area (Å²) < 4.78 is 11.0. The first kappa shape index (κ1) is 16.0. The lowest BCUT2D eigenvalue weighted by molar-refractivity contribution is 0.207. The van der Waals surface area contributed by atoms with Crippen molar-refractivity contribution in [1.29, 1.82) is 0 Å². The number of nitrogens with zero attached hydrogens (tertiary/aromatic N) is 2. The van der Waals surface area contributed by atoms with Crippen LogP contribution >= 0.6 is 0 Å². The first-order chi connectivity index (χ1) is 11.2. The number of benzene rings is 1. The second-order valence-corrected chi connectivity index (χ2v) is 6.32. The van der Waals surface area contributed by atoms with Crippen LogP contribution in [0.1, 0.15) is 31.1 Å². The van der Waals surface area contributed by atoms with E-state index in [0.29, 0.717) is 5.92 Å². The molecule has 3 rings (SSSR count). The Kier molecular flexibility index (Phi) is 4.98. The highest BCUT2D eigenvalue weighted by Gasteiger charge is 2.16. The molecular weight excluding hydrogens is 290 g/mol. The number of nitrogens with one attached hydrogen (secondary N) is 1. The number of rotatable bonds is 5.